The van der Waals surface area contributed by atoms with E-state index in [4.69, 9.17) is 17.3 Å². The second kappa shape index (κ2) is 5.60. The minimum absolute atomic E-state index is 0.195. The molecule has 0 spiro atoms. The number of hydrogen-bond acceptors (Lipinski definition) is 5. The molecule has 0 amide bonds. The lowest BCUT2D eigenvalue weighted by Gasteiger charge is -2.30. The number of aromatic nitrogens is 2. The summed E-state index contributed by atoms with van der Waals surface area (Å²) in [4.78, 5) is 0. The molecule has 0 unspecified atom stereocenters. The number of piperidine rings is 1. The first-order valence-corrected chi connectivity index (χ1v) is 9.16. The molecule has 0 saturated carbocycles. The third-order valence-corrected chi connectivity index (χ3v) is 7.17. The molecule has 0 bridgehead atoms. The van der Waals surface area contributed by atoms with E-state index in [1.807, 2.05) is 10.9 Å². The number of sulfonamides is 1. The Bertz CT molecular complexity index is 732. The van der Waals surface area contributed by atoms with Crippen molar-refractivity contribution in [1.29, 1.82) is 0 Å². The SMILES string of the molecule is Nc1ccn(C2CCN(S(=O)(=O)c3ccc(Cl)s3)CC2)n1. The number of anilines is 1. The smallest absolute Gasteiger partial charge is 0.252 e. The van der Waals surface area contributed by atoms with Gasteiger partial charge >= 0.3 is 0 Å². The third kappa shape index (κ3) is 2.94. The van der Waals surface area contributed by atoms with E-state index in [0.717, 1.165) is 24.2 Å². The third-order valence-electron chi connectivity index (χ3n) is 3.57. The zero-order chi connectivity index (χ0) is 15.0. The van der Waals surface area contributed by atoms with Gasteiger partial charge in [-0.2, -0.15) is 9.40 Å². The summed E-state index contributed by atoms with van der Waals surface area (Å²) in [5, 5.41) is 4.19. The molecule has 0 radical (unpaired) electrons. The molecule has 6 nitrogen and oxygen atoms in total. The molecule has 2 N–H and O–H groups in total. The lowest BCUT2D eigenvalue weighted by molar-refractivity contribution is 0.262. The van der Waals surface area contributed by atoms with E-state index in [9.17, 15) is 8.42 Å². The highest BCUT2D eigenvalue weighted by Gasteiger charge is 2.31. The Morgan fingerprint density at radius 1 is 1.29 bits per heavy atom. The van der Waals surface area contributed by atoms with Crippen molar-refractivity contribution >= 4 is 38.8 Å². The summed E-state index contributed by atoms with van der Waals surface area (Å²) in [6, 6.07) is 5.11. The first-order valence-electron chi connectivity index (χ1n) is 6.53. The first-order chi connectivity index (χ1) is 9.96. The van der Waals surface area contributed by atoms with Crippen LogP contribution in [0.1, 0.15) is 18.9 Å². The van der Waals surface area contributed by atoms with Gasteiger partial charge in [-0.1, -0.05) is 11.6 Å². The second-order valence-electron chi connectivity index (χ2n) is 4.91. The standard InChI is InChI=1S/C12H15ClN4O2S2/c13-10-1-2-12(20-10)21(18,19)16-6-3-9(4-7-16)17-8-5-11(14)15-17/h1-2,5,8-9H,3-4,6-7H2,(H2,14,15). The summed E-state index contributed by atoms with van der Waals surface area (Å²) in [7, 11) is -3.43. The summed E-state index contributed by atoms with van der Waals surface area (Å²) < 4.78 is 29.1. The zero-order valence-corrected chi connectivity index (χ0v) is 13.5. The lowest BCUT2D eigenvalue weighted by atomic mass is 10.1. The Hall–Kier alpha value is -1.09. The van der Waals surface area contributed by atoms with Gasteiger partial charge in [0, 0.05) is 19.3 Å². The maximum Gasteiger partial charge on any atom is 0.252 e. The van der Waals surface area contributed by atoms with Crippen LogP contribution in [0.15, 0.2) is 28.6 Å². The number of nitrogen functional groups attached to an aromatic ring is 1. The topological polar surface area (TPSA) is 81.2 Å². The summed E-state index contributed by atoms with van der Waals surface area (Å²) in [6.07, 6.45) is 3.28. The van der Waals surface area contributed by atoms with Gasteiger partial charge in [0.2, 0.25) is 0 Å². The van der Waals surface area contributed by atoms with Gasteiger partial charge in [-0.15, -0.1) is 11.3 Å². The molecule has 1 aliphatic rings. The molecule has 3 heterocycles. The highest BCUT2D eigenvalue weighted by atomic mass is 35.5. The Morgan fingerprint density at radius 2 is 2.00 bits per heavy atom. The van der Waals surface area contributed by atoms with Gasteiger partial charge in [0.05, 0.1) is 10.4 Å². The van der Waals surface area contributed by atoms with Crippen molar-refractivity contribution in [3.8, 4) is 0 Å². The van der Waals surface area contributed by atoms with Crippen LogP contribution in [0, 0.1) is 0 Å². The van der Waals surface area contributed by atoms with Crippen LogP contribution in [0.3, 0.4) is 0 Å². The molecule has 0 aromatic carbocycles. The summed E-state index contributed by atoms with van der Waals surface area (Å²) in [5.41, 5.74) is 5.61. The van der Waals surface area contributed by atoms with E-state index in [2.05, 4.69) is 5.10 Å². The van der Waals surface area contributed by atoms with Gasteiger partial charge in [0.15, 0.2) is 0 Å². The van der Waals surface area contributed by atoms with Crippen molar-refractivity contribution < 1.29 is 8.42 Å². The number of rotatable bonds is 3. The molecule has 2 aromatic rings. The van der Waals surface area contributed by atoms with Gasteiger partial charge in [-0.3, -0.25) is 4.68 Å². The largest absolute Gasteiger partial charge is 0.382 e. The average Bonchev–Trinajstić information content (AvgIpc) is 3.08. The molecule has 1 fully saturated rings. The van der Waals surface area contributed by atoms with E-state index in [1.54, 1.807) is 18.2 Å². The van der Waals surface area contributed by atoms with E-state index in [-0.39, 0.29) is 6.04 Å². The maximum absolute atomic E-state index is 12.5. The number of hydrogen-bond donors (Lipinski definition) is 1. The minimum Gasteiger partial charge on any atom is -0.382 e. The van der Waals surface area contributed by atoms with E-state index in [1.165, 1.54) is 4.31 Å². The van der Waals surface area contributed by atoms with Crippen molar-refractivity contribution in [2.24, 2.45) is 0 Å². The van der Waals surface area contributed by atoms with Gasteiger partial charge in [0.25, 0.3) is 10.0 Å². The van der Waals surface area contributed by atoms with Gasteiger partial charge in [-0.25, -0.2) is 8.42 Å². The van der Waals surface area contributed by atoms with E-state index >= 15 is 0 Å². The Balaban J connectivity index is 1.71. The first kappa shape index (κ1) is 14.8. The molecule has 1 saturated heterocycles. The van der Waals surface area contributed by atoms with Crippen molar-refractivity contribution in [3.05, 3.63) is 28.7 Å². The van der Waals surface area contributed by atoms with Crippen LogP contribution in [-0.2, 0) is 10.0 Å². The molecule has 9 heteroatoms. The normalized spacial score (nSPS) is 18.1. The predicted octanol–water partition coefficient (Wildman–Crippen LogP) is 2.21. The van der Waals surface area contributed by atoms with Crippen LogP contribution in [0.2, 0.25) is 4.34 Å². The molecule has 114 valence electrons. The number of nitrogens with zero attached hydrogens (tertiary/aromatic N) is 3. The molecular weight excluding hydrogens is 332 g/mol. The highest BCUT2D eigenvalue weighted by molar-refractivity contribution is 7.91. The monoisotopic (exact) mass is 346 g/mol. The van der Waals surface area contributed by atoms with Crippen molar-refractivity contribution in [2.45, 2.75) is 23.1 Å². The zero-order valence-electron chi connectivity index (χ0n) is 11.1. The molecule has 0 aliphatic carbocycles. The molecular formula is C12H15ClN4O2S2. The average molecular weight is 347 g/mol. The summed E-state index contributed by atoms with van der Waals surface area (Å²) >= 11 is 6.91. The molecule has 1 aliphatic heterocycles. The molecule has 2 aromatic heterocycles. The molecule has 21 heavy (non-hydrogen) atoms. The van der Waals surface area contributed by atoms with Crippen LogP contribution in [-0.4, -0.2) is 35.6 Å². The Kier molecular flexibility index (Phi) is 3.96. The van der Waals surface area contributed by atoms with E-state index < -0.39 is 10.0 Å². The highest BCUT2D eigenvalue weighted by Crippen LogP contribution is 2.31. The van der Waals surface area contributed by atoms with Crippen LogP contribution in [0.25, 0.3) is 0 Å². The fraction of sp³-hybridized carbons (Fsp3) is 0.417. The number of thiophene rings is 1. The van der Waals surface area contributed by atoms with Gasteiger partial charge in [-0.05, 0) is 31.0 Å². The lowest BCUT2D eigenvalue weighted by Crippen LogP contribution is -2.38. The summed E-state index contributed by atoms with van der Waals surface area (Å²) in [5.74, 6) is 0.485. The minimum atomic E-state index is -3.43. The van der Waals surface area contributed by atoms with E-state index in [0.29, 0.717) is 27.5 Å². The maximum atomic E-state index is 12.5. The van der Waals surface area contributed by atoms with Gasteiger partial charge in [0.1, 0.15) is 10.0 Å². The number of nitrogens with two attached hydrogens (primary N) is 1. The molecule has 0 atom stereocenters. The molecule has 3 rings (SSSR count). The summed E-state index contributed by atoms with van der Waals surface area (Å²) in [6.45, 7) is 0.949. The van der Waals surface area contributed by atoms with Gasteiger partial charge < -0.3 is 5.73 Å². The fourth-order valence-corrected chi connectivity index (χ4v) is 5.57. The van der Waals surface area contributed by atoms with Crippen molar-refractivity contribution in [1.82, 2.24) is 14.1 Å². The Labute approximate surface area is 132 Å². The van der Waals surface area contributed by atoms with Crippen molar-refractivity contribution in [2.75, 3.05) is 18.8 Å². The fourth-order valence-electron chi connectivity index (χ4n) is 2.47. The van der Waals surface area contributed by atoms with Crippen LogP contribution >= 0.6 is 22.9 Å². The van der Waals surface area contributed by atoms with Crippen LogP contribution in [0.5, 0.6) is 0 Å². The second-order valence-corrected chi connectivity index (χ2v) is 8.79. The Morgan fingerprint density at radius 3 is 2.52 bits per heavy atom. The van der Waals surface area contributed by atoms with Crippen molar-refractivity contribution in [3.63, 3.8) is 0 Å². The number of halogens is 1. The van der Waals surface area contributed by atoms with Crippen LogP contribution < -0.4 is 5.73 Å². The predicted molar refractivity (Wildman–Crippen MR) is 83.0 cm³/mol. The van der Waals surface area contributed by atoms with Crippen LogP contribution in [0.4, 0.5) is 5.82 Å². The quantitative estimate of drug-likeness (QED) is 0.923.